The molecule has 0 aliphatic rings. The molecule has 0 fully saturated rings. The standard InChI is InChI=1S/C20H26N2O2/c1-4-22(15-20(2,3)24)14-16-10-12-17(13-11-16)19(23)21-18-8-6-5-7-9-18/h5-13,24H,4,14-15H2,1-3H3,(H,21,23). The number of amides is 1. The Kier molecular flexibility index (Phi) is 6.12. The van der Waals surface area contributed by atoms with Gasteiger partial charge in [0.1, 0.15) is 0 Å². The van der Waals surface area contributed by atoms with Gasteiger partial charge in [0.25, 0.3) is 5.91 Å². The SMILES string of the molecule is CCN(Cc1ccc(C(=O)Nc2ccccc2)cc1)CC(C)(C)O. The second kappa shape index (κ2) is 8.08. The first-order valence-electron chi connectivity index (χ1n) is 8.27. The maximum Gasteiger partial charge on any atom is 0.255 e. The first-order chi connectivity index (χ1) is 11.4. The van der Waals surface area contributed by atoms with Crippen LogP contribution in [0.5, 0.6) is 0 Å². The Balaban J connectivity index is 1.98. The first kappa shape index (κ1) is 18.2. The van der Waals surface area contributed by atoms with Crippen LogP contribution in [0.3, 0.4) is 0 Å². The van der Waals surface area contributed by atoms with E-state index in [4.69, 9.17) is 0 Å². The summed E-state index contributed by atoms with van der Waals surface area (Å²) in [5.41, 5.74) is 1.82. The summed E-state index contributed by atoms with van der Waals surface area (Å²) in [6.07, 6.45) is 0. The molecule has 2 rings (SSSR count). The fourth-order valence-corrected chi connectivity index (χ4v) is 2.57. The van der Waals surface area contributed by atoms with Crippen molar-refractivity contribution in [3.8, 4) is 0 Å². The van der Waals surface area contributed by atoms with Crippen LogP contribution in [0, 0.1) is 0 Å². The van der Waals surface area contributed by atoms with Gasteiger partial charge < -0.3 is 10.4 Å². The quantitative estimate of drug-likeness (QED) is 0.818. The van der Waals surface area contributed by atoms with Gasteiger partial charge in [0.2, 0.25) is 0 Å². The highest BCUT2D eigenvalue weighted by atomic mass is 16.3. The van der Waals surface area contributed by atoms with Crippen molar-refractivity contribution in [1.82, 2.24) is 4.90 Å². The molecule has 0 bridgehead atoms. The molecule has 0 spiro atoms. The normalized spacial score (nSPS) is 11.5. The predicted molar refractivity (Wildman–Crippen MR) is 98.1 cm³/mol. The number of nitrogens with zero attached hydrogens (tertiary/aromatic N) is 1. The van der Waals surface area contributed by atoms with E-state index < -0.39 is 5.60 Å². The molecule has 2 aromatic carbocycles. The Hall–Kier alpha value is -2.17. The Labute approximate surface area is 144 Å². The van der Waals surface area contributed by atoms with Gasteiger partial charge >= 0.3 is 0 Å². The summed E-state index contributed by atoms with van der Waals surface area (Å²) < 4.78 is 0. The number of carbonyl (C=O) groups excluding carboxylic acids is 1. The van der Waals surface area contributed by atoms with Gasteiger partial charge in [-0.1, -0.05) is 37.3 Å². The van der Waals surface area contributed by atoms with Gasteiger partial charge in [-0.3, -0.25) is 9.69 Å². The number of carbonyl (C=O) groups is 1. The summed E-state index contributed by atoms with van der Waals surface area (Å²) in [5.74, 6) is -0.114. The largest absolute Gasteiger partial charge is 0.389 e. The molecule has 2 aromatic rings. The molecule has 128 valence electrons. The van der Waals surface area contributed by atoms with Crippen LogP contribution in [0.25, 0.3) is 0 Å². The third-order valence-electron chi connectivity index (χ3n) is 3.71. The predicted octanol–water partition coefficient (Wildman–Crippen LogP) is 3.53. The summed E-state index contributed by atoms with van der Waals surface area (Å²) in [6, 6.07) is 17.0. The third-order valence-corrected chi connectivity index (χ3v) is 3.71. The van der Waals surface area contributed by atoms with Crippen LogP contribution in [0.2, 0.25) is 0 Å². The zero-order valence-corrected chi connectivity index (χ0v) is 14.6. The van der Waals surface area contributed by atoms with E-state index in [1.165, 1.54) is 0 Å². The van der Waals surface area contributed by atoms with E-state index in [1.807, 2.05) is 68.4 Å². The maximum atomic E-state index is 12.2. The van der Waals surface area contributed by atoms with Gasteiger partial charge in [-0.2, -0.15) is 0 Å². The molecule has 0 aliphatic carbocycles. The minimum absolute atomic E-state index is 0.114. The van der Waals surface area contributed by atoms with Gasteiger partial charge in [-0.05, 0) is 50.2 Å². The molecule has 0 unspecified atom stereocenters. The summed E-state index contributed by atoms with van der Waals surface area (Å²) >= 11 is 0. The van der Waals surface area contributed by atoms with Gasteiger partial charge in [-0.15, -0.1) is 0 Å². The summed E-state index contributed by atoms with van der Waals surface area (Å²) in [7, 11) is 0. The zero-order valence-electron chi connectivity index (χ0n) is 14.6. The number of hydrogen-bond donors (Lipinski definition) is 2. The van der Waals surface area contributed by atoms with Crippen molar-refractivity contribution in [3.05, 3.63) is 65.7 Å². The van der Waals surface area contributed by atoms with Crippen LogP contribution in [-0.4, -0.2) is 34.6 Å². The van der Waals surface area contributed by atoms with Gasteiger partial charge in [0, 0.05) is 24.3 Å². The van der Waals surface area contributed by atoms with Crippen molar-refractivity contribution in [2.75, 3.05) is 18.4 Å². The zero-order chi connectivity index (χ0) is 17.6. The van der Waals surface area contributed by atoms with Crippen LogP contribution in [0.4, 0.5) is 5.69 Å². The lowest BCUT2D eigenvalue weighted by molar-refractivity contribution is 0.0353. The average Bonchev–Trinajstić information content (AvgIpc) is 2.54. The van der Waals surface area contributed by atoms with Gasteiger partial charge in [0.05, 0.1) is 5.60 Å². The van der Waals surface area contributed by atoms with Crippen molar-refractivity contribution in [3.63, 3.8) is 0 Å². The summed E-state index contributed by atoms with van der Waals surface area (Å²) in [4.78, 5) is 14.4. The van der Waals surface area contributed by atoms with E-state index in [1.54, 1.807) is 0 Å². The lowest BCUT2D eigenvalue weighted by Crippen LogP contribution is -2.38. The average molecular weight is 326 g/mol. The number of hydrogen-bond acceptors (Lipinski definition) is 3. The molecule has 4 nitrogen and oxygen atoms in total. The lowest BCUT2D eigenvalue weighted by atomic mass is 10.1. The van der Waals surface area contributed by atoms with Gasteiger partial charge in [0.15, 0.2) is 0 Å². The highest BCUT2D eigenvalue weighted by molar-refractivity contribution is 6.04. The smallest absolute Gasteiger partial charge is 0.255 e. The highest BCUT2D eigenvalue weighted by Crippen LogP contribution is 2.13. The van der Waals surface area contributed by atoms with Crippen LogP contribution in [0.1, 0.15) is 36.7 Å². The number of anilines is 1. The highest BCUT2D eigenvalue weighted by Gasteiger charge is 2.17. The number of para-hydroxylation sites is 1. The maximum absolute atomic E-state index is 12.2. The molecule has 0 saturated heterocycles. The molecule has 0 heterocycles. The summed E-state index contributed by atoms with van der Waals surface area (Å²) in [5, 5.41) is 12.8. The Morgan fingerprint density at radius 1 is 1.08 bits per heavy atom. The molecular weight excluding hydrogens is 300 g/mol. The minimum atomic E-state index is -0.717. The van der Waals surface area contributed by atoms with Crippen molar-refractivity contribution >= 4 is 11.6 Å². The molecule has 24 heavy (non-hydrogen) atoms. The van der Waals surface area contributed by atoms with Crippen LogP contribution in [-0.2, 0) is 6.54 Å². The number of benzene rings is 2. The monoisotopic (exact) mass is 326 g/mol. The molecule has 0 saturated carbocycles. The molecule has 0 aromatic heterocycles. The van der Waals surface area contributed by atoms with Crippen LogP contribution in [0.15, 0.2) is 54.6 Å². The molecule has 4 heteroatoms. The number of rotatable bonds is 7. The fourth-order valence-electron chi connectivity index (χ4n) is 2.57. The van der Waals surface area contributed by atoms with Crippen molar-refractivity contribution in [2.24, 2.45) is 0 Å². The van der Waals surface area contributed by atoms with E-state index >= 15 is 0 Å². The van der Waals surface area contributed by atoms with Crippen molar-refractivity contribution in [2.45, 2.75) is 32.9 Å². The molecule has 2 N–H and O–H groups in total. The number of aliphatic hydroxyl groups is 1. The first-order valence-corrected chi connectivity index (χ1v) is 8.27. The van der Waals surface area contributed by atoms with E-state index in [0.29, 0.717) is 12.1 Å². The number of nitrogens with one attached hydrogen (secondary N) is 1. The molecule has 0 aliphatic heterocycles. The molecular formula is C20H26N2O2. The van der Waals surface area contributed by atoms with E-state index in [9.17, 15) is 9.90 Å². The Morgan fingerprint density at radius 3 is 2.25 bits per heavy atom. The van der Waals surface area contributed by atoms with Crippen molar-refractivity contribution in [1.29, 1.82) is 0 Å². The van der Waals surface area contributed by atoms with Crippen LogP contribution >= 0.6 is 0 Å². The Bertz CT molecular complexity index is 646. The van der Waals surface area contributed by atoms with Gasteiger partial charge in [-0.25, -0.2) is 0 Å². The second-order valence-corrected chi connectivity index (χ2v) is 6.63. The molecule has 1 amide bonds. The van der Waals surface area contributed by atoms with E-state index in [0.717, 1.165) is 24.3 Å². The topological polar surface area (TPSA) is 52.6 Å². The third kappa shape index (κ3) is 5.80. The molecule has 0 radical (unpaired) electrons. The van der Waals surface area contributed by atoms with Crippen molar-refractivity contribution < 1.29 is 9.90 Å². The minimum Gasteiger partial charge on any atom is -0.389 e. The lowest BCUT2D eigenvalue weighted by Gasteiger charge is -2.28. The number of likely N-dealkylation sites (N-methyl/N-ethyl adjacent to an activating group) is 1. The van der Waals surface area contributed by atoms with Crippen LogP contribution < -0.4 is 5.32 Å². The van der Waals surface area contributed by atoms with E-state index in [2.05, 4.69) is 17.1 Å². The molecule has 0 atom stereocenters. The van der Waals surface area contributed by atoms with E-state index in [-0.39, 0.29) is 5.91 Å². The second-order valence-electron chi connectivity index (χ2n) is 6.63. The summed E-state index contributed by atoms with van der Waals surface area (Å²) in [6.45, 7) is 7.92. The Morgan fingerprint density at radius 2 is 1.71 bits per heavy atom. The fraction of sp³-hybridized carbons (Fsp3) is 0.350.